The topological polar surface area (TPSA) is 83.5 Å². The molecule has 5 nitrogen and oxygen atoms in total. The van der Waals surface area contributed by atoms with E-state index in [0.717, 1.165) is 6.21 Å². The van der Waals surface area contributed by atoms with Crippen LogP contribution in [0.5, 0.6) is 5.75 Å². The Kier molecular flexibility index (Phi) is 3.96. The monoisotopic (exact) mass is 348 g/mol. The molecule has 0 bridgehead atoms. The van der Waals surface area contributed by atoms with Crippen molar-refractivity contribution in [2.45, 2.75) is 0 Å². The highest BCUT2D eigenvalue weighted by Crippen LogP contribution is 2.30. The van der Waals surface area contributed by atoms with E-state index in [4.69, 9.17) is 5.73 Å². The molecule has 0 saturated carbocycles. The molecule has 0 saturated heterocycles. The van der Waals surface area contributed by atoms with Crippen molar-refractivity contribution in [2.24, 2.45) is 5.10 Å². The fourth-order valence-corrected chi connectivity index (χ4v) is 2.16. The lowest BCUT2D eigenvalue weighted by Gasteiger charge is -2.03. The van der Waals surface area contributed by atoms with Crippen LogP contribution in [0.15, 0.2) is 21.0 Å². The number of nitrogens with one attached hydrogen (secondary N) is 1. The number of benzene rings is 1. The molecule has 1 aromatic heterocycles. The summed E-state index contributed by atoms with van der Waals surface area (Å²) in [6.07, 6.45) is 1.07. The molecule has 2 rings (SSSR count). The van der Waals surface area contributed by atoms with Gasteiger partial charge in [0.2, 0.25) is 10.9 Å². The smallest absolute Gasteiger partial charge is 0.205 e. The quantitative estimate of drug-likeness (QED) is 0.452. The normalized spacial score (nSPS) is 11.1. The van der Waals surface area contributed by atoms with Crippen molar-refractivity contribution in [2.75, 3.05) is 11.2 Å². The Labute approximate surface area is 118 Å². The summed E-state index contributed by atoms with van der Waals surface area (Å²) in [4.78, 5) is 3.87. The highest BCUT2D eigenvalue weighted by Gasteiger charge is 2.15. The predicted molar refractivity (Wildman–Crippen MR) is 73.5 cm³/mol. The average Bonchev–Trinajstić information content (AvgIpc) is 2.79. The number of phenolic OH excluding ortho intramolecular Hbond substituents is 1. The Hall–Kier alpha value is -1.74. The number of aromatic hydroxyl groups is 1. The number of hydrogen-bond donors (Lipinski definition) is 3. The molecule has 1 heterocycles. The van der Waals surface area contributed by atoms with Crippen molar-refractivity contribution in [1.29, 1.82) is 0 Å². The van der Waals surface area contributed by atoms with Gasteiger partial charge >= 0.3 is 0 Å². The Bertz CT molecular complexity index is 647. The van der Waals surface area contributed by atoms with Crippen molar-refractivity contribution in [3.63, 3.8) is 0 Å². The van der Waals surface area contributed by atoms with Gasteiger partial charge < -0.3 is 10.8 Å². The molecule has 9 heteroatoms. The Morgan fingerprint density at radius 2 is 2.21 bits per heavy atom. The number of nitrogen functional groups attached to an aromatic ring is 1. The molecule has 0 aliphatic heterocycles. The molecule has 2 aromatic rings. The van der Waals surface area contributed by atoms with E-state index >= 15 is 0 Å². The van der Waals surface area contributed by atoms with Gasteiger partial charge in [-0.2, -0.15) is 9.49 Å². The third kappa shape index (κ3) is 2.99. The van der Waals surface area contributed by atoms with Crippen LogP contribution in [0.4, 0.5) is 19.7 Å². The molecular weight excluding hydrogens is 342 g/mol. The molecule has 0 aliphatic carbocycles. The van der Waals surface area contributed by atoms with Gasteiger partial charge in [-0.1, -0.05) is 0 Å². The second-order valence-electron chi connectivity index (χ2n) is 3.37. The SMILES string of the molecule is Nc1csc(NN=Cc2cc(Br)c(O)c(F)c2F)n1. The minimum Gasteiger partial charge on any atom is -0.504 e. The Morgan fingerprint density at radius 1 is 1.47 bits per heavy atom. The zero-order valence-corrected chi connectivity index (χ0v) is 11.6. The molecule has 0 unspecified atom stereocenters. The summed E-state index contributed by atoms with van der Waals surface area (Å²) in [5.74, 6) is -2.97. The summed E-state index contributed by atoms with van der Waals surface area (Å²) in [6.45, 7) is 0. The van der Waals surface area contributed by atoms with Gasteiger partial charge in [-0.3, -0.25) is 5.43 Å². The van der Waals surface area contributed by atoms with E-state index in [1.165, 1.54) is 17.4 Å². The third-order valence-electron chi connectivity index (χ3n) is 2.05. The van der Waals surface area contributed by atoms with Gasteiger partial charge in [0.05, 0.1) is 10.7 Å². The average molecular weight is 349 g/mol. The molecule has 0 atom stereocenters. The van der Waals surface area contributed by atoms with Crippen LogP contribution >= 0.6 is 27.3 Å². The van der Waals surface area contributed by atoms with E-state index in [1.54, 1.807) is 5.38 Å². The predicted octanol–water partition coefficient (Wildman–Crippen LogP) is 2.92. The van der Waals surface area contributed by atoms with E-state index in [-0.39, 0.29) is 10.0 Å². The summed E-state index contributed by atoms with van der Waals surface area (Å²) in [5, 5.41) is 14.9. The second kappa shape index (κ2) is 5.49. The molecule has 0 spiro atoms. The number of thiazole rings is 1. The van der Waals surface area contributed by atoms with Crippen molar-refractivity contribution in [3.8, 4) is 5.75 Å². The summed E-state index contributed by atoms with van der Waals surface area (Å²) in [5.41, 5.74) is 7.80. The van der Waals surface area contributed by atoms with Crippen LogP contribution in [0.2, 0.25) is 0 Å². The van der Waals surface area contributed by atoms with Crippen LogP contribution in [0.1, 0.15) is 5.56 Å². The first-order valence-electron chi connectivity index (χ1n) is 4.85. The Morgan fingerprint density at radius 3 is 2.84 bits per heavy atom. The number of hydrogen-bond acceptors (Lipinski definition) is 6. The molecular formula is C10H7BrF2N4OS. The lowest BCUT2D eigenvalue weighted by Crippen LogP contribution is -1.97. The van der Waals surface area contributed by atoms with Crippen LogP contribution in [-0.2, 0) is 0 Å². The van der Waals surface area contributed by atoms with Gasteiger partial charge in [0, 0.05) is 10.9 Å². The first-order valence-corrected chi connectivity index (χ1v) is 6.53. The number of rotatable bonds is 3. The number of nitrogens with zero attached hydrogens (tertiary/aromatic N) is 2. The molecule has 0 aliphatic rings. The first kappa shape index (κ1) is 13.7. The van der Waals surface area contributed by atoms with Crippen molar-refractivity contribution in [3.05, 3.63) is 33.1 Å². The lowest BCUT2D eigenvalue weighted by molar-refractivity contribution is 0.404. The summed E-state index contributed by atoms with van der Waals surface area (Å²) in [7, 11) is 0. The van der Waals surface area contributed by atoms with Crippen LogP contribution in [-0.4, -0.2) is 16.3 Å². The molecule has 0 amide bonds. The molecule has 1 aromatic carbocycles. The standard InChI is InChI=1S/C10H7BrF2N4OS/c11-5-1-4(7(12)8(13)9(5)18)2-15-17-10-16-6(14)3-19-10/h1-3,18H,14H2,(H,16,17). The molecule has 4 N–H and O–H groups in total. The summed E-state index contributed by atoms with van der Waals surface area (Å²) in [6, 6.07) is 1.20. The van der Waals surface area contributed by atoms with E-state index in [1.807, 2.05) is 0 Å². The van der Waals surface area contributed by atoms with Crippen LogP contribution in [0, 0.1) is 11.6 Å². The van der Waals surface area contributed by atoms with Gasteiger partial charge in [-0.25, -0.2) is 9.37 Å². The number of nitrogens with two attached hydrogens (primary N) is 1. The van der Waals surface area contributed by atoms with Gasteiger partial charge in [-0.15, -0.1) is 11.3 Å². The van der Waals surface area contributed by atoms with Crippen molar-refractivity contribution in [1.82, 2.24) is 4.98 Å². The van der Waals surface area contributed by atoms with Crippen LogP contribution in [0.25, 0.3) is 0 Å². The largest absolute Gasteiger partial charge is 0.504 e. The summed E-state index contributed by atoms with van der Waals surface area (Å²) >= 11 is 4.13. The van der Waals surface area contributed by atoms with E-state index < -0.39 is 17.4 Å². The minimum absolute atomic E-state index is 0.0337. The number of anilines is 2. The van der Waals surface area contributed by atoms with Gasteiger partial charge in [0.1, 0.15) is 5.82 Å². The van der Waals surface area contributed by atoms with Gasteiger partial charge in [0.15, 0.2) is 11.6 Å². The number of aromatic nitrogens is 1. The van der Waals surface area contributed by atoms with Gasteiger partial charge in [0.25, 0.3) is 0 Å². The number of hydrazone groups is 1. The zero-order chi connectivity index (χ0) is 14.0. The molecule has 19 heavy (non-hydrogen) atoms. The summed E-state index contributed by atoms with van der Waals surface area (Å²) < 4.78 is 26.7. The minimum atomic E-state index is -1.34. The number of phenols is 1. The number of halogens is 3. The van der Waals surface area contributed by atoms with Crippen LogP contribution < -0.4 is 11.2 Å². The lowest BCUT2D eigenvalue weighted by atomic mass is 10.2. The van der Waals surface area contributed by atoms with E-state index in [0.29, 0.717) is 10.9 Å². The fourth-order valence-electron chi connectivity index (χ4n) is 1.19. The highest BCUT2D eigenvalue weighted by atomic mass is 79.9. The first-order chi connectivity index (χ1) is 8.99. The maximum Gasteiger partial charge on any atom is 0.205 e. The third-order valence-corrected chi connectivity index (χ3v) is 3.42. The second-order valence-corrected chi connectivity index (χ2v) is 5.08. The molecule has 0 radical (unpaired) electrons. The van der Waals surface area contributed by atoms with Crippen molar-refractivity contribution < 1.29 is 13.9 Å². The van der Waals surface area contributed by atoms with E-state index in [2.05, 4.69) is 31.4 Å². The van der Waals surface area contributed by atoms with Crippen molar-refractivity contribution >= 4 is 44.4 Å². The van der Waals surface area contributed by atoms with E-state index in [9.17, 15) is 13.9 Å². The van der Waals surface area contributed by atoms with Crippen LogP contribution in [0.3, 0.4) is 0 Å². The molecule has 100 valence electrons. The maximum absolute atomic E-state index is 13.5. The zero-order valence-electron chi connectivity index (χ0n) is 9.19. The Balaban J connectivity index is 2.19. The fraction of sp³-hybridized carbons (Fsp3) is 0. The van der Waals surface area contributed by atoms with Gasteiger partial charge in [-0.05, 0) is 22.0 Å². The highest BCUT2D eigenvalue weighted by molar-refractivity contribution is 9.10. The maximum atomic E-state index is 13.5. The molecule has 0 fully saturated rings.